The fraction of sp³-hybridized carbons (Fsp3) is 0.550. The summed E-state index contributed by atoms with van der Waals surface area (Å²) in [7, 11) is 0. The molecule has 0 aromatic heterocycles. The van der Waals surface area contributed by atoms with Crippen molar-refractivity contribution in [1.29, 1.82) is 0 Å². The highest BCUT2D eigenvalue weighted by Gasteiger charge is 2.46. The van der Waals surface area contributed by atoms with Crippen LogP contribution >= 0.6 is 0 Å². The molecular weight excluding hydrogens is 382 g/mol. The normalized spacial score (nSPS) is 28.6. The first-order valence-electron chi connectivity index (χ1n) is 9.76. The van der Waals surface area contributed by atoms with E-state index in [-0.39, 0.29) is 31.2 Å². The van der Waals surface area contributed by atoms with Crippen molar-refractivity contribution in [3.8, 4) is 0 Å². The van der Waals surface area contributed by atoms with Crippen LogP contribution in [0.3, 0.4) is 0 Å². The molecule has 2 fully saturated rings. The van der Waals surface area contributed by atoms with Gasteiger partial charge in [-0.25, -0.2) is 8.78 Å². The Balaban J connectivity index is 1.43. The fourth-order valence-electron chi connectivity index (χ4n) is 4.45. The molecule has 2 unspecified atom stereocenters. The van der Waals surface area contributed by atoms with E-state index >= 15 is 0 Å². The number of hydrogen-bond acceptors (Lipinski definition) is 5. The molecule has 0 aliphatic carbocycles. The maximum atomic E-state index is 13.5. The van der Waals surface area contributed by atoms with Gasteiger partial charge < -0.3 is 15.5 Å². The van der Waals surface area contributed by atoms with E-state index in [2.05, 4.69) is 16.0 Å². The van der Waals surface area contributed by atoms with Gasteiger partial charge in [0.05, 0.1) is 6.54 Å². The summed E-state index contributed by atoms with van der Waals surface area (Å²) in [6.07, 6.45) is 0.305. The van der Waals surface area contributed by atoms with Crippen LogP contribution in [0.4, 0.5) is 8.78 Å². The minimum Gasteiger partial charge on any atom is -0.322 e. The minimum absolute atomic E-state index is 0.209. The summed E-state index contributed by atoms with van der Waals surface area (Å²) in [6, 6.07) is 4.75. The molecule has 4 rings (SSSR count). The molecule has 3 amide bonds. The molecule has 3 heterocycles. The van der Waals surface area contributed by atoms with Crippen molar-refractivity contribution in [3.63, 3.8) is 0 Å². The zero-order valence-electron chi connectivity index (χ0n) is 16.2. The van der Waals surface area contributed by atoms with Crippen LogP contribution < -0.4 is 16.0 Å². The number of carbonyl (C=O) groups excluding carboxylic acids is 3. The van der Waals surface area contributed by atoms with Gasteiger partial charge in [-0.05, 0) is 30.5 Å². The Morgan fingerprint density at radius 3 is 2.76 bits per heavy atom. The first-order chi connectivity index (χ1) is 13.7. The molecule has 0 radical (unpaired) electrons. The van der Waals surface area contributed by atoms with E-state index in [9.17, 15) is 23.2 Å². The van der Waals surface area contributed by atoms with Crippen molar-refractivity contribution in [1.82, 2.24) is 20.9 Å². The zero-order chi connectivity index (χ0) is 20.8. The van der Waals surface area contributed by atoms with Crippen LogP contribution in [0.5, 0.6) is 0 Å². The number of imide groups is 1. The molecule has 1 aromatic rings. The number of nitrogens with zero attached hydrogens (tertiary/aromatic N) is 1. The van der Waals surface area contributed by atoms with Crippen LogP contribution in [0, 0.1) is 0 Å². The Morgan fingerprint density at radius 1 is 1.28 bits per heavy atom. The summed E-state index contributed by atoms with van der Waals surface area (Å²) in [6.45, 7) is 2.55. The molecule has 2 atom stereocenters. The lowest BCUT2D eigenvalue weighted by molar-refractivity contribution is -0.136. The monoisotopic (exact) mass is 406 g/mol. The Morgan fingerprint density at radius 2 is 2.07 bits per heavy atom. The van der Waals surface area contributed by atoms with E-state index in [0.717, 1.165) is 11.1 Å². The summed E-state index contributed by atoms with van der Waals surface area (Å²) >= 11 is 0. The lowest BCUT2D eigenvalue weighted by Crippen LogP contribution is -2.52. The fourth-order valence-corrected chi connectivity index (χ4v) is 4.45. The number of benzene rings is 1. The van der Waals surface area contributed by atoms with Gasteiger partial charge in [-0.1, -0.05) is 12.1 Å². The van der Waals surface area contributed by atoms with Crippen molar-refractivity contribution in [2.45, 2.75) is 56.8 Å². The van der Waals surface area contributed by atoms with Gasteiger partial charge in [0.2, 0.25) is 11.8 Å². The SMILES string of the molecule is CC1(CNCc2cccc3c2CN(C2CCC(=O)NC2=O)C3=O)CC(F)(F)CN1. The van der Waals surface area contributed by atoms with Crippen LogP contribution in [0.2, 0.25) is 0 Å². The van der Waals surface area contributed by atoms with Crippen LogP contribution in [0.25, 0.3) is 0 Å². The third-order valence-electron chi connectivity index (χ3n) is 5.93. The summed E-state index contributed by atoms with van der Waals surface area (Å²) in [5, 5.41) is 8.40. The van der Waals surface area contributed by atoms with Crippen molar-refractivity contribution >= 4 is 17.7 Å². The number of alkyl halides is 2. The number of rotatable bonds is 5. The van der Waals surface area contributed by atoms with Crippen LogP contribution in [0.1, 0.15) is 47.7 Å². The molecule has 3 N–H and O–H groups in total. The molecule has 0 bridgehead atoms. The molecule has 2 saturated heterocycles. The highest BCUT2D eigenvalue weighted by Crippen LogP contribution is 2.32. The number of amides is 3. The average Bonchev–Trinajstić information content (AvgIpc) is 3.12. The molecule has 9 heteroatoms. The lowest BCUT2D eigenvalue weighted by Gasteiger charge is -2.29. The minimum atomic E-state index is -2.70. The van der Waals surface area contributed by atoms with E-state index in [0.29, 0.717) is 31.6 Å². The Bertz CT molecular complexity index is 875. The largest absolute Gasteiger partial charge is 0.322 e. The second-order valence-electron chi connectivity index (χ2n) is 8.39. The standard InChI is InChI=1S/C20H24F2N4O3/c1-19(9-20(21,22)11-24-19)10-23-7-12-3-2-4-13-14(12)8-26(18(13)29)15-5-6-16(27)25-17(15)28/h2-4,15,23-24H,5-11H2,1H3,(H,25,27,28). The number of piperidine rings is 1. The number of nitrogens with one attached hydrogen (secondary N) is 3. The van der Waals surface area contributed by atoms with Crippen LogP contribution in [-0.4, -0.2) is 53.2 Å². The highest BCUT2D eigenvalue weighted by atomic mass is 19.3. The van der Waals surface area contributed by atoms with Gasteiger partial charge in [0.15, 0.2) is 0 Å². The maximum absolute atomic E-state index is 13.5. The second kappa shape index (κ2) is 7.14. The number of hydrogen-bond donors (Lipinski definition) is 3. The predicted octanol–water partition coefficient (Wildman–Crippen LogP) is 0.925. The van der Waals surface area contributed by atoms with Crippen LogP contribution in [-0.2, 0) is 22.7 Å². The zero-order valence-corrected chi connectivity index (χ0v) is 16.2. The predicted molar refractivity (Wildman–Crippen MR) is 100 cm³/mol. The van der Waals surface area contributed by atoms with E-state index in [4.69, 9.17) is 0 Å². The van der Waals surface area contributed by atoms with E-state index in [1.54, 1.807) is 19.1 Å². The molecule has 7 nitrogen and oxygen atoms in total. The Labute approximate surface area is 167 Å². The smallest absolute Gasteiger partial charge is 0.262 e. The van der Waals surface area contributed by atoms with Gasteiger partial charge in [0, 0.05) is 43.6 Å². The van der Waals surface area contributed by atoms with Gasteiger partial charge in [-0.3, -0.25) is 19.7 Å². The lowest BCUT2D eigenvalue weighted by atomic mass is 9.98. The van der Waals surface area contributed by atoms with Crippen molar-refractivity contribution in [3.05, 3.63) is 34.9 Å². The molecule has 0 saturated carbocycles. The van der Waals surface area contributed by atoms with Crippen molar-refractivity contribution in [2.24, 2.45) is 0 Å². The Kier molecular flexibility index (Phi) is 4.90. The van der Waals surface area contributed by atoms with Gasteiger partial charge >= 0.3 is 0 Å². The summed E-state index contributed by atoms with van der Waals surface area (Å²) in [4.78, 5) is 37.9. The third-order valence-corrected chi connectivity index (χ3v) is 5.93. The first-order valence-corrected chi connectivity index (χ1v) is 9.76. The molecule has 3 aliphatic rings. The van der Waals surface area contributed by atoms with Gasteiger partial charge in [-0.2, -0.15) is 0 Å². The molecule has 1 aromatic carbocycles. The van der Waals surface area contributed by atoms with E-state index in [1.807, 2.05) is 6.07 Å². The Hall–Kier alpha value is -2.39. The number of halogens is 2. The van der Waals surface area contributed by atoms with E-state index < -0.39 is 23.4 Å². The summed E-state index contributed by atoms with van der Waals surface area (Å²) in [5.74, 6) is -3.68. The maximum Gasteiger partial charge on any atom is 0.262 e. The van der Waals surface area contributed by atoms with Gasteiger partial charge in [0.1, 0.15) is 6.04 Å². The summed E-state index contributed by atoms with van der Waals surface area (Å²) < 4.78 is 27.0. The molecule has 0 spiro atoms. The molecule has 29 heavy (non-hydrogen) atoms. The number of carbonyl (C=O) groups is 3. The third kappa shape index (κ3) is 3.89. The highest BCUT2D eigenvalue weighted by molar-refractivity contribution is 6.05. The second-order valence-corrected chi connectivity index (χ2v) is 8.39. The number of fused-ring (bicyclic) bond motifs is 1. The van der Waals surface area contributed by atoms with E-state index in [1.165, 1.54) is 4.90 Å². The molecule has 3 aliphatic heterocycles. The van der Waals surface area contributed by atoms with Crippen molar-refractivity contribution < 1.29 is 23.2 Å². The first kappa shape index (κ1) is 19.9. The molecular formula is C20H24F2N4O3. The topological polar surface area (TPSA) is 90.5 Å². The van der Waals surface area contributed by atoms with Crippen molar-refractivity contribution in [2.75, 3.05) is 13.1 Å². The molecule has 156 valence electrons. The van der Waals surface area contributed by atoms with Crippen LogP contribution in [0.15, 0.2) is 18.2 Å². The average molecular weight is 406 g/mol. The summed E-state index contributed by atoms with van der Waals surface area (Å²) in [5.41, 5.74) is 1.60. The van der Waals surface area contributed by atoms with Gasteiger partial charge in [-0.15, -0.1) is 0 Å². The van der Waals surface area contributed by atoms with Gasteiger partial charge in [0.25, 0.3) is 11.8 Å². The quantitative estimate of drug-likeness (QED) is 0.633.